The van der Waals surface area contributed by atoms with Gasteiger partial charge in [0.25, 0.3) is 5.91 Å². The number of nitrogens with zero attached hydrogens (tertiary/aromatic N) is 3. The number of carbonyl (C=O) groups excluding carboxylic acids is 1. The van der Waals surface area contributed by atoms with Crippen LogP contribution in [-0.2, 0) is 13.0 Å². The minimum atomic E-state index is -1.39. The van der Waals surface area contributed by atoms with Crippen LogP contribution in [0.5, 0.6) is 5.75 Å². The largest absolute Gasteiger partial charge is 0.547 e. The summed E-state index contributed by atoms with van der Waals surface area (Å²) in [7, 11) is -1.39. The zero-order valence-electron chi connectivity index (χ0n) is 13.1. The van der Waals surface area contributed by atoms with Crippen molar-refractivity contribution in [1.29, 1.82) is 0 Å². The molecule has 0 radical (unpaired) electrons. The number of rotatable bonds is 5. The Morgan fingerprint density at radius 2 is 2.28 bits per heavy atom. The number of carbonyl (C=O) groups is 2. The van der Waals surface area contributed by atoms with Crippen LogP contribution in [0.1, 0.15) is 26.5 Å². The van der Waals surface area contributed by atoms with E-state index in [9.17, 15) is 19.7 Å². The first-order valence-electron chi connectivity index (χ1n) is 7.60. The quantitative estimate of drug-likeness (QED) is 0.487. The van der Waals surface area contributed by atoms with Gasteiger partial charge in [-0.05, 0) is 18.1 Å². The van der Waals surface area contributed by atoms with Crippen molar-refractivity contribution < 1.29 is 24.4 Å². The van der Waals surface area contributed by atoms with Gasteiger partial charge >= 0.3 is 13.1 Å². The highest BCUT2D eigenvalue weighted by Gasteiger charge is 2.38. The number of carboxylic acid groups (broad SMARTS) is 1. The van der Waals surface area contributed by atoms with Gasteiger partial charge in [-0.15, -0.1) is 5.10 Å². The number of nitrogens with one attached hydrogen (secondary N) is 1. The lowest BCUT2D eigenvalue weighted by Crippen LogP contribution is -2.53. The topological polar surface area (TPSA) is 153 Å². The minimum absolute atomic E-state index is 0.0384. The number of nitrogens with two attached hydrogens (primary N) is 1. The fourth-order valence-corrected chi connectivity index (χ4v) is 2.59. The maximum atomic E-state index is 12.2. The molecule has 1 atom stereocenters. The molecule has 2 aromatic rings. The fraction of sp³-hybridized carbons (Fsp3) is 0.286. The van der Waals surface area contributed by atoms with Gasteiger partial charge in [-0.2, -0.15) is 0 Å². The molecule has 25 heavy (non-hydrogen) atoms. The lowest BCUT2D eigenvalue weighted by Gasteiger charge is -2.28. The summed E-state index contributed by atoms with van der Waals surface area (Å²) in [5, 5.41) is 25.9. The normalized spacial score (nSPS) is 16.1. The molecular formula is C14H16BN5O5. The molecule has 0 bridgehead atoms. The van der Waals surface area contributed by atoms with Crippen molar-refractivity contribution in [3.05, 3.63) is 41.5 Å². The summed E-state index contributed by atoms with van der Waals surface area (Å²) in [4.78, 5) is 27.3. The molecular weight excluding hydrogens is 329 g/mol. The Bertz CT molecular complexity index is 811. The number of hydrogen-bond donors (Lipinski definition) is 4. The second-order valence-electron chi connectivity index (χ2n) is 5.51. The first-order chi connectivity index (χ1) is 12.0. The van der Waals surface area contributed by atoms with Crippen LogP contribution in [0, 0.1) is 0 Å². The Balaban J connectivity index is 1.74. The maximum Gasteiger partial charge on any atom is 0.547 e. The van der Waals surface area contributed by atoms with Gasteiger partial charge in [-0.1, -0.05) is 12.1 Å². The number of para-hydroxylation sites is 1. The van der Waals surface area contributed by atoms with E-state index in [2.05, 4.69) is 15.4 Å². The zero-order valence-corrected chi connectivity index (χ0v) is 13.1. The predicted molar refractivity (Wildman–Crippen MR) is 86.0 cm³/mol. The lowest BCUT2D eigenvalue weighted by molar-refractivity contribution is 0.0693. The van der Waals surface area contributed by atoms with Gasteiger partial charge in [-0.3, -0.25) is 9.48 Å². The van der Waals surface area contributed by atoms with Gasteiger partial charge in [0.05, 0.1) is 18.0 Å². The van der Waals surface area contributed by atoms with Crippen molar-refractivity contribution in [2.24, 2.45) is 5.73 Å². The van der Waals surface area contributed by atoms with Crippen LogP contribution in [0.15, 0.2) is 24.5 Å². The van der Waals surface area contributed by atoms with Gasteiger partial charge in [0.2, 0.25) is 5.82 Å². The molecule has 1 aromatic carbocycles. The molecule has 5 N–H and O–H groups in total. The number of benzene rings is 1. The lowest BCUT2D eigenvalue weighted by atomic mass is 9.72. The molecule has 0 aliphatic carbocycles. The first-order valence-corrected chi connectivity index (χ1v) is 7.60. The summed E-state index contributed by atoms with van der Waals surface area (Å²) in [6.07, 6.45) is 1.61. The third-order valence-electron chi connectivity index (χ3n) is 3.76. The van der Waals surface area contributed by atoms with E-state index in [0.29, 0.717) is 18.7 Å². The van der Waals surface area contributed by atoms with Crippen molar-refractivity contribution in [2.45, 2.75) is 18.9 Å². The van der Waals surface area contributed by atoms with Gasteiger partial charge in [0, 0.05) is 6.54 Å². The monoisotopic (exact) mass is 345 g/mol. The molecule has 0 saturated carbocycles. The third kappa shape index (κ3) is 3.46. The Labute approximate surface area is 142 Å². The van der Waals surface area contributed by atoms with Gasteiger partial charge in [-0.25, -0.2) is 9.78 Å². The van der Waals surface area contributed by atoms with Crippen LogP contribution in [0.25, 0.3) is 0 Å². The summed E-state index contributed by atoms with van der Waals surface area (Å²) < 4.78 is 6.76. The second-order valence-corrected chi connectivity index (χ2v) is 5.51. The number of aromatic carboxylic acids is 1. The van der Waals surface area contributed by atoms with Crippen molar-refractivity contribution in [1.82, 2.24) is 20.1 Å². The van der Waals surface area contributed by atoms with Crippen LogP contribution >= 0.6 is 0 Å². The second kappa shape index (κ2) is 6.91. The standard InChI is InChI=1S/C14H16BN5O5/c16-4-5-20-7-17-12(19-20)13(21)18-10-6-8-2-1-3-9(14(22)23)11(8)25-15(10)24/h1-3,7,10,24H,4-6,16H2,(H,18,21)(H,22,23). The van der Waals surface area contributed by atoms with Crippen LogP contribution in [0.4, 0.5) is 0 Å². The molecule has 3 rings (SSSR count). The highest BCUT2D eigenvalue weighted by molar-refractivity contribution is 6.47. The van der Waals surface area contributed by atoms with Gasteiger partial charge in [0.1, 0.15) is 12.1 Å². The summed E-state index contributed by atoms with van der Waals surface area (Å²) in [6.45, 7) is 0.795. The third-order valence-corrected chi connectivity index (χ3v) is 3.76. The molecule has 0 saturated heterocycles. The number of carboxylic acids is 1. The van der Waals surface area contributed by atoms with E-state index in [1.165, 1.54) is 17.1 Å². The fourth-order valence-electron chi connectivity index (χ4n) is 2.59. The molecule has 2 heterocycles. The van der Waals surface area contributed by atoms with E-state index >= 15 is 0 Å². The van der Waals surface area contributed by atoms with Crippen molar-refractivity contribution in [3.8, 4) is 5.75 Å². The first kappa shape index (κ1) is 16.9. The van der Waals surface area contributed by atoms with Gasteiger partial charge < -0.3 is 25.8 Å². The van der Waals surface area contributed by atoms with Crippen LogP contribution < -0.4 is 15.7 Å². The Kier molecular flexibility index (Phi) is 4.68. The van der Waals surface area contributed by atoms with E-state index in [-0.39, 0.29) is 23.6 Å². The van der Waals surface area contributed by atoms with Crippen molar-refractivity contribution in [3.63, 3.8) is 0 Å². The molecule has 130 valence electrons. The SMILES string of the molecule is NCCn1cnc(C(=O)NC2Cc3cccc(C(=O)O)c3OB2O)n1. The molecule has 1 unspecified atom stereocenters. The van der Waals surface area contributed by atoms with Crippen molar-refractivity contribution in [2.75, 3.05) is 6.54 Å². The van der Waals surface area contributed by atoms with Crippen LogP contribution in [-0.4, -0.2) is 56.4 Å². The summed E-state index contributed by atoms with van der Waals surface area (Å²) in [5.41, 5.74) is 5.95. The molecule has 1 aromatic heterocycles. The minimum Gasteiger partial charge on any atom is -0.534 e. The van der Waals surface area contributed by atoms with Gasteiger partial charge in [0.15, 0.2) is 0 Å². The average Bonchev–Trinajstić information content (AvgIpc) is 3.04. The maximum absolute atomic E-state index is 12.2. The molecule has 11 heteroatoms. The predicted octanol–water partition coefficient (Wildman–Crippen LogP) is -1.31. The van der Waals surface area contributed by atoms with Crippen LogP contribution in [0.2, 0.25) is 0 Å². The molecule has 1 amide bonds. The number of fused-ring (bicyclic) bond motifs is 1. The highest BCUT2D eigenvalue weighted by Crippen LogP contribution is 2.30. The van der Waals surface area contributed by atoms with E-state index in [4.69, 9.17) is 10.4 Å². The van der Waals surface area contributed by atoms with E-state index in [1.807, 2.05) is 0 Å². The molecule has 1 aliphatic heterocycles. The molecule has 10 nitrogen and oxygen atoms in total. The van der Waals surface area contributed by atoms with E-state index < -0.39 is 24.9 Å². The average molecular weight is 345 g/mol. The molecule has 0 fully saturated rings. The van der Waals surface area contributed by atoms with Crippen molar-refractivity contribution >= 4 is 19.0 Å². The Hall–Kier alpha value is -2.92. The van der Waals surface area contributed by atoms with E-state index in [0.717, 1.165) is 0 Å². The zero-order chi connectivity index (χ0) is 18.0. The summed E-state index contributed by atoms with van der Waals surface area (Å²) >= 11 is 0. The summed E-state index contributed by atoms with van der Waals surface area (Å²) in [6, 6.07) is 4.65. The Morgan fingerprint density at radius 1 is 1.48 bits per heavy atom. The number of hydrogen-bond acceptors (Lipinski definition) is 7. The number of aromatic nitrogens is 3. The molecule has 1 aliphatic rings. The Morgan fingerprint density at radius 3 is 3.00 bits per heavy atom. The molecule has 0 spiro atoms. The highest BCUT2D eigenvalue weighted by atomic mass is 16.5. The number of amides is 1. The summed E-state index contributed by atoms with van der Waals surface area (Å²) in [5.74, 6) is -2.42. The van der Waals surface area contributed by atoms with Crippen LogP contribution in [0.3, 0.4) is 0 Å². The van der Waals surface area contributed by atoms with E-state index in [1.54, 1.807) is 12.1 Å². The smallest absolute Gasteiger partial charge is 0.534 e.